The molecule has 4 nitrogen and oxygen atoms in total. The predicted molar refractivity (Wildman–Crippen MR) is 183 cm³/mol. The van der Waals surface area contributed by atoms with Crippen molar-refractivity contribution in [1.82, 2.24) is 0 Å². The molecule has 208 valence electrons. The molecule has 0 aliphatic rings. The summed E-state index contributed by atoms with van der Waals surface area (Å²) in [6.45, 7) is 0. The molecule has 0 radical (unpaired) electrons. The van der Waals surface area contributed by atoms with Crippen LogP contribution in [-0.2, 0) is 0 Å². The predicted octanol–water partition coefficient (Wildman–Crippen LogP) is 11.9. The molecule has 1 N–H and O–H groups in total. The zero-order valence-corrected chi connectivity index (χ0v) is 23.7. The Kier molecular flexibility index (Phi) is 5.47. The number of rotatable bonds is 5. The molecular weight excluding hydrogens is 540 g/mol. The topological polar surface area (TPSA) is 41.6 Å². The fourth-order valence-electron chi connectivity index (χ4n) is 6.49. The molecule has 9 rings (SSSR count). The third-order valence-corrected chi connectivity index (χ3v) is 8.42. The van der Waals surface area contributed by atoms with Crippen LogP contribution in [0.15, 0.2) is 160 Å². The van der Waals surface area contributed by atoms with E-state index < -0.39 is 0 Å². The first kappa shape index (κ1) is 24.6. The molecule has 0 spiro atoms. The molecule has 44 heavy (non-hydrogen) atoms. The zero-order valence-electron chi connectivity index (χ0n) is 23.7. The summed E-state index contributed by atoms with van der Waals surface area (Å²) in [5.74, 6) is 0. The van der Waals surface area contributed by atoms with E-state index in [4.69, 9.17) is 8.83 Å². The van der Waals surface area contributed by atoms with Gasteiger partial charge in [-0.3, -0.25) is 0 Å². The number of nitrogens with one attached hydrogen (secondary N) is 1. The van der Waals surface area contributed by atoms with Crippen LogP contribution in [0, 0.1) is 0 Å². The number of hydrogen-bond donors (Lipinski definition) is 1. The summed E-state index contributed by atoms with van der Waals surface area (Å²) < 4.78 is 12.6. The van der Waals surface area contributed by atoms with Crippen molar-refractivity contribution in [2.45, 2.75) is 0 Å². The third kappa shape index (κ3) is 3.85. The highest BCUT2D eigenvalue weighted by Crippen LogP contribution is 2.45. The smallest absolute Gasteiger partial charge is 0.137 e. The summed E-state index contributed by atoms with van der Waals surface area (Å²) in [6.07, 6.45) is 0. The maximum Gasteiger partial charge on any atom is 0.137 e. The van der Waals surface area contributed by atoms with Gasteiger partial charge < -0.3 is 19.1 Å². The minimum Gasteiger partial charge on any atom is -0.456 e. The van der Waals surface area contributed by atoms with Crippen molar-refractivity contribution in [3.05, 3.63) is 152 Å². The minimum absolute atomic E-state index is 0.843. The van der Waals surface area contributed by atoms with Gasteiger partial charge in [0.05, 0.1) is 27.8 Å². The van der Waals surface area contributed by atoms with Gasteiger partial charge in [-0.2, -0.15) is 0 Å². The summed E-state index contributed by atoms with van der Waals surface area (Å²) in [7, 11) is 0. The van der Waals surface area contributed by atoms with Crippen molar-refractivity contribution >= 4 is 83.1 Å². The van der Waals surface area contributed by atoms with Gasteiger partial charge in [-0.1, -0.05) is 84.9 Å². The monoisotopic (exact) mass is 566 g/mol. The maximum absolute atomic E-state index is 6.45. The summed E-state index contributed by atoms with van der Waals surface area (Å²) >= 11 is 0. The summed E-state index contributed by atoms with van der Waals surface area (Å²) in [4.78, 5) is 2.35. The van der Waals surface area contributed by atoms with Crippen LogP contribution in [0.3, 0.4) is 0 Å². The first-order valence-corrected chi connectivity index (χ1v) is 14.8. The maximum atomic E-state index is 6.45. The lowest BCUT2D eigenvalue weighted by Crippen LogP contribution is -2.10. The number of para-hydroxylation sites is 2. The largest absolute Gasteiger partial charge is 0.456 e. The van der Waals surface area contributed by atoms with E-state index in [0.29, 0.717) is 0 Å². The van der Waals surface area contributed by atoms with Gasteiger partial charge in [0, 0.05) is 27.5 Å². The molecule has 0 unspecified atom stereocenters. The second-order valence-electron chi connectivity index (χ2n) is 11.0. The van der Waals surface area contributed by atoms with Gasteiger partial charge in [-0.15, -0.1) is 0 Å². The fraction of sp³-hybridized carbons (Fsp3) is 0. The molecular formula is C40H26N2O2. The lowest BCUT2D eigenvalue weighted by atomic mass is 10.0. The number of nitrogens with zero attached hydrogens (tertiary/aromatic N) is 1. The van der Waals surface area contributed by atoms with Gasteiger partial charge in [0.25, 0.3) is 0 Å². The molecule has 2 heterocycles. The Bertz CT molecular complexity index is 2480. The van der Waals surface area contributed by atoms with Gasteiger partial charge in [0.15, 0.2) is 0 Å². The Hall–Kier alpha value is -6.00. The summed E-state index contributed by atoms with van der Waals surface area (Å²) in [5.41, 5.74) is 8.67. The SMILES string of the molecule is c1ccc(N(c2cccc3ccccc23)c2cccc3oc4ccc(Nc5cccc6oc7ccccc7c56)cc4c23)cc1. The van der Waals surface area contributed by atoms with Gasteiger partial charge in [-0.05, 0) is 72.1 Å². The summed E-state index contributed by atoms with van der Waals surface area (Å²) in [6, 6.07) is 52.5. The van der Waals surface area contributed by atoms with Crippen LogP contribution in [0.5, 0.6) is 0 Å². The quantitative estimate of drug-likeness (QED) is 0.225. The highest BCUT2D eigenvalue weighted by Gasteiger charge is 2.21. The first-order valence-electron chi connectivity index (χ1n) is 14.8. The number of anilines is 5. The molecule has 0 fully saturated rings. The molecule has 0 saturated carbocycles. The zero-order chi connectivity index (χ0) is 29.0. The lowest BCUT2D eigenvalue weighted by Gasteiger charge is -2.27. The minimum atomic E-state index is 0.843. The van der Waals surface area contributed by atoms with Crippen LogP contribution >= 0.6 is 0 Å². The molecule has 0 aliphatic heterocycles. The van der Waals surface area contributed by atoms with E-state index in [1.54, 1.807) is 0 Å². The van der Waals surface area contributed by atoms with E-state index in [1.165, 1.54) is 10.8 Å². The van der Waals surface area contributed by atoms with E-state index in [0.717, 1.165) is 72.3 Å². The lowest BCUT2D eigenvalue weighted by molar-refractivity contribution is 0.668. The molecule has 0 amide bonds. The van der Waals surface area contributed by atoms with Gasteiger partial charge in [0.1, 0.15) is 22.3 Å². The second-order valence-corrected chi connectivity index (χ2v) is 11.0. The van der Waals surface area contributed by atoms with Crippen LogP contribution in [0.1, 0.15) is 0 Å². The van der Waals surface area contributed by atoms with Crippen molar-refractivity contribution in [1.29, 1.82) is 0 Å². The van der Waals surface area contributed by atoms with E-state index in [1.807, 2.05) is 30.3 Å². The molecule has 7 aromatic carbocycles. The Balaban J connectivity index is 1.25. The van der Waals surface area contributed by atoms with E-state index >= 15 is 0 Å². The molecule has 0 saturated heterocycles. The molecule has 4 heteroatoms. The molecule has 2 aromatic heterocycles. The third-order valence-electron chi connectivity index (χ3n) is 8.42. The Morgan fingerprint density at radius 1 is 0.432 bits per heavy atom. The van der Waals surface area contributed by atoms with Crippen LogP contribution in [0.4, 0.5) is 28.4 Å². The van der Waals surface area contributed by atoms with Gasteiger partial charge >= 0.3 is 0 Å². The van der Waals surface area contributed by atoms with E-state index in [9.17, 15) is 0 Å². The van der Waals surface area contributed by atoms with Crippen LogP contribution in [-0.4, -0.2) is 0 Å². The summed E-state index contributed by atoms with van der Waals surface area (Å²) in [5, 5.41) is 10.4. The Morgan fingerprint density at radius 3 is 1.95 bits per heavy atom. The van der Waals surface area contributed by atoms with Gasteiger partial charge in [-0.25, -0.2) is 0 Å². The van der Waals surface area contributed by atoms with Crippen LogP contribution in [0.25, 0.3) is 54.6 Å². The number of hydrogen-bond acceptors (Lipinski definition) is 4. The highest BCUT2D eigenvalue weighted by molar-refractivity contribution is 6.16. The van der Waals surface area contributed by atoms with Crippen molar-refractivity contribution in [2.75, 3.05) is 10.2 Å². The van der Waals surface area contributed by atoms with Crippen LogP contribution in [0.2, 0.25) is 0 Å². The molecule has 9 aromatic rings. The molecule has 0 atom stereocenters. The molecule has 0 aliphatic carbocycles. The van der Waals surface area contributed by atoms with E-state index in [2.05, 4.69) is 132 Å². The standard InChI is InChI=1S/C40H26N2O2/c1-2-13-28(14-3-1)42(33-18-8-12-26-11-4-5-15-29(26)33)34-19-10-22-38-40(34)31-25-27(23-24-36(31)44-38)41-32-17-9-21-37-39(32)30-16-6-7-20-35(30)43-37/h1-25,41H. The normalized spacial score (nSPS) is 11.6. The van der Waals surface area contributed by atoms with Crippen molar-refractivity contribution in [3.8, 4) is 0 Å². The average molecular weight is 567 g/mol. The number of furan rings is 2. The highest BCUT2D eigenvalue weighted by atomic mass is 16.3. The fourth-order valence-corrected chi connectivity index (χ4v) is 6.49. The first-order chi connectivity index (χ1) is 21.8. The Morgan fingerprint density at radius 2 is 1.07 bits per heavy atom. The van der Waals surface area contributed by atoms with Crippen molar-refractivity contribution in [3.63, 3.8) is 0 Å². The Labute approximate surface area is 253 Å². The van der Waals surface area contributed by atoms with Gasteiger partial charge in [0.2, 0.25) is 0 Å². The van der Waals surface area contributed by atoms with Crippen molar-refractivity contribution < 1.29 is 8.83 Å². The van der Waals surface area contributed by atoms with Crippen LogP contribution < -0.4 is 10.2 Å². The average Bonchev–Trinajstić information content (AvgIpc) is 3.65. The molecule has 0 bridgehead atoms. The number of fused-ring (bicyclic) bond motifs is 7. The second kappa shape index (κ2) is 9.79. The number of benzene rings is 7. The van der Waals surface area contributed by atoms with Crippen molar-refractivity contribution in [2.24, 2.45) is 0 Å². The van der Waals surface area contributed by atoms with E-state index in [-0.39, 0.29) is 0 Å².